The molecule has 86 valence electrons. The van der Waals surface area contributed by atoms with E-state index in [1.807, 2.05) is 24.3 Å². The van der Waals surface area contributed by atoms with Crippen LogP contribution in [0.5, 0.6) is 0 Å². The second-order valence-electron chi connectivity index (χ2n) is 3.72. The number of pyridine rings is 1. The summed E-state index contributed by atoms with van der Waals surface area (Å²) in [6.45, 7) is 1.88. The second kappa shape index (κ2) is 4.74. The molecule has 0 radical (unpaired) electrons. The van der Waals surface area contributed by atoms with E-state index in [9.17, 15) is 9.59 Å². The zero-order valence-electron chi connectivity index (χ0n) is 9.43. The Labute approximate surface area is 98.7 Å². The average Bonchev–Trinajstić information content (AvgIpc) is 2.35. The number of hydrogen-bond acceptors (Lipinski definition) is 3. The fraction of sp³-hybridized carbons (Fsp3) is 0.154. The van der Waals surface area contributed by atoms with Crippen molar-refractivity contribution < 1.29 is 9.59 Å². The molecule has 1 N–H and O–H groups in total. The van der Waals surface area contributed by atoms with E-state index in [1.54, 1.807) is 6.20 Å². The van der Waals surface area contributed by atoms with E-state index < -0.39 is 0 Å². The van der Waals surface area contributed by atoms with Crippen molar-refractivity contribution in [2.24, 2.45) is 0 Å². The minimum Gasteiger partial charge on any atom is -0.353 e. The van der Waals surface area contributed by atoms with Crippen LogP contribution in [0.2, 0.25) is 0 Å². The lowest BCUT2D eigenvalue weighted by Gasteiger charge is -2.07. The van der Waals surface area contributed by atoms with E-state index in [-0.39, 0.29) is 5.78 Å². The maximum atomic E-state index is 11.5. The van der Waals surface area contributed by atoms with Gasteiger partial charge in [0.2, 0.25) is 6.41 Å². The number of nitrogens with zero attached hydrogens (tertiary/aromatic N) is 1. The first kappa shape index (κ1) is 11.3. The topological polar surface area (TPSA) is 59.1 Å². The number of hydrogen-bond donors (Lipinski definition) is 1. The van der Waals surface area contributed by atoms with E-state index in [1.165, 1.54) is 6.92 Å². The molecule has 0 aliphatic rings. The monoisotopic (exact) mass is 228 g/mol. The highest BCUT2D eigenvalue weighted by atomic mass is 16.1. The molecule has 1 aromatic heterocycles. The van der Waals surface area contributed by atoms with E-state index >= 15 is 0 Å². The number of fused-ring (bicyclic) bond motifs is 1. The van der Waals surface area contributed by atoms with Gasteiger partial charge in [-0.25, -0.2) is 0 Å². The molecule has 0 fully saturated rings. The molecule has 0 aliphatic heterocycles. The zero-order chi connectivity index (χ0) is 12.3. The molecule has 1 aromatic carbocycles. The first-order valence-corrected chi connectivity index (χ1v) is 5.28. The lowest BCUT2D eigenvalue weighted by Crippen LogP contribution is -2.12. The number of amides is 1. The number of Topliss-reactive ketones (excluding diaryl/α,β-unsaturated/α-hetero) is 1. The third kappa shape index (κ3) is 2.15. The first-order chi connectivity index (χ1) is 8.24. The van der Waals surface area contributed by atoms with Crippen molar-refractivity contribution >= 4 is 23.0 Å². The Kier molecular flexibility index (Phi) is 3.14. The summed E-state index contributed by atoms with van der Waals surface area (Å²) in [4.78, 5) is 26.0. The lowest BCUT2D eigenvalue weighted by molar-refractivity contribution is -0.109. The van der Waals surface area contributed by atoms with Gasteiger partial charge in [0.05, 0.1) is 12.2 Å². The van der Waals surface area contributed by atoms with Gasteiger partial charge in [0.15, 0.2) is 5.78 Å². The van der Waals surface area contributed by atoms with Gasteiger partial charge in [-0.2, -0.15) is 0 Å². The van der Waals surface area contributed by atoms with Gasteiger partial charge >= 0.3 is 0 Å². The molecule has 0 atom stereocenters. The quantitative estimate of drug-likeness (QED) is 0.639. The number of rotatable bonds is 4. The molecule has 0 bridgehead atoms. The second-order valence-corrected chi connectivity index (χ2v) is 3.72. The number of nitrogens with one attached hydrogen (secondary N) is 1. The summed E-state index contributed by atoms with van der Waals surface area (Å²) in [5.41, 5.74) is 1.37. The summed E-state index contributed by atoms with van der Waals surface area (Å²) in [7, 11) is 0. The number of ketones is 1. The Morgan fingerprint density at radius 3 is 2.71 bits per heavy atom. The smallest absolute Gasteiger partial charge is 0.207 e. The maximum Gasteiger partial charge on any atom is 0.207 e. The van der Waals surface area contributed by atoms with Crippen LogP contribution < -0.4 is 5.32 Å². The Bertz CT molecular complexity index is 579. The third-order valence-corrected chi connectivity index (χ3v) is 2.61. The molecule has 0 spiro atoms. The molecule has 17 heavy (non-hydrogen) atoms. The maximum absolute atomic E-state index is 11.5. The van der Waals surface area contributed by atoms with Crippen LogP contribution in [0.25, 0.3) is 10.8 Å². The third-order valence-electron chi connectivity index (χ3n) is 2.61. The molecule has 0 aliphatic carbocycles. The first-order valence-electron chi connectivity index (χ1n) is 5.28. The molecule has 1 amide bonds. The Hall–Kier alpha value is -2.23. The molecule has 0 saturated heterocycles. The zero-order valence-corrected chi connectivity index (χ0v) is 9.43. The van der Waals surface area contributed by atoms with Gasteiger partial charge < -0.3 is 5.32 Å². The summed E-state index contributed by atoms with van der Waals surface area (Å²) in [5, 5.41) is 4.35. The van der Waals surface area contributed by atoms with Crippen LogP contribution in [0.4, 0.5) is 0 Å². The van der Waals surface area contributed by atoms with Gasteiger partial charge in [-0.05, 0) is 12.3 Å². The van der Waals surface area contributed by atoms with Crippen molar-refractivity contribution in [1.82, 2.24) is 10.3 Å². The van der Waals surface area contributed by atoms with Crippen molar-refractivity contribution in [3.05, 3.63) is 41.7 Å². The molecule has 4 nitrogen and oxygen atoms in total. The number of carbonyl (C=O) groups excluding carboxylic acids is 2. The molecule has 2 rings (SSSR count). The number of carbonyl (C=O) groups is 2. The summed E-state index contributed by atoms with van der Waals surface area (Å²) >= 11 is 0. The van der Waals surface area contributed by atoms with Crippen molar-refractivity contribution in [1.29, 1.82) is 0 Å². The van der Waals surface area contributed by atoms with Crippen LogP contribution in [0.15, 0.2) is 30.5 Å². The molecule has 4 heteroatoms. The predicted octanol–water partition coefficient (Wildman–Crippen LogP) is 1.68. The van der Waals surface area contributed by atoms with E-state index in [2.05, 4.69) is 10.3 Å². The van der Waals surface area contributed by atoms with Gasteiger partial charge in [0.1, 0.15) is 0 Å². The largest absolute Gasteiger partial charge is 0.353 e. The normalized spacial score (nSPS) is 10.2. The molecule has 0 saturated carbocycles. The lowest BCUT2D eigenvalue weighted by atomic mass is 10.0. The van der Waals surface area contributed by atoms with Crippen molar-refractivity contribution in [3.63, 3.8) is 0 Å². The Morgan fingerprint density at radius 1 is 1.35 bits per heavy atom. The minimum absolute atomic E-state index is 0.0106. The SMILES string of the molecule is CC(=O)c1cnc(CNC=O)c2ccccc12. The standard InChI is InChI=1S/C13H12N2O2/c1-9(17)12-6-15-13(7-14-8-16)11-5-3-2-4-10(11)12/h2-6,8H,7H2,1H3,(H,14,16). The molecular weight excluding hydrogens is 216 g/mol. The summed E-state index contributed by atoms with van der Waals surface area (Å²) in [6.07, 6.45) is 2.20. The van der Waals surface area contributed by atoms with Crippen LogP contribution in [-0.2, 0) is 11.3 Å². The van der Waals surface area contributed by atoms with Crippen LogP contribution in [0.1, 0.15) is 23.0 Å². The van der Waals surface area contributed by atoms with Gasteiger partial charge in [0.25, 0.3) is 0 Å². The molecular formula is C13H12N2O2. The molecule has 2 aromatic rings. The molecule has 1 heterocycles. The van der Waals surface area contributed by atoms with Crippen LogP contribution >= 0.6 is 0 Å². The summed E-state index contributed by atoms with van der Waals surface area (Å²) in [5.74, 6) is -0.0106. The van der Waals surface area contributed by atoms with Gasteiger partial charge in [-0.3, -0.25) is 14.6 Å². The van der Waals surface area contributed by atoms with Gasteiger partial charge in [-0.15, -0.1) is 0 Å². The van der Waals surface area contributed by atoms with Gasteiger partial charge in [-0.1, -0.05) is 24.3 Å². The number of aromatic nitrogens is 1. The highest BCUT2D eigenvalue weighted by Gasteiger charge is 2.09. The van der Waals surface area contributed by atoms with Crippen molar-refractivity contribution in [2.75, 3.05) is 0 Å². The fourth-order valence-corrected chi connectivity index (χ4v) is 1.81. The van der Waals surface area contributed by atoms with Crippen LogP contribution in [-0.4, -0.2) is 17.2 Å². The van der Waals surface area contributed by atoms with Crippen LogP contribution in [0.3, 0.4) is 0 Å². The van der Waals surface area contributed by atoms with Gasteiger partial charge in [0, 0.05) is 17.1 Å². The Morgan fingerprint density at radius 2 is 2.06 bits per heavy atom. The van der Waals surface area contributed by atoms with E-state index in [0.29, 0.717) is 18.5 Å². The van der Waals surface area contributed by atoms with Crippen molar-refractivity contribution in [2.45, 2.75) is 13.5 Å². The molecule has 0 unspecified atom stereocenters. The summed E-state index contributed by atoms with van der Waals surface area (Å²) in [6, 6.07) is 7.55. The Balaban J connectivity index is 2.61. The van der Waals surface area contributed by atoms with E-state index in [0.717, 1.165) is 16.5 Å². The minimum atomic E-state index is -0.0106. The van der Waals surface area contributed by atoms with E-state index in [4.69, 9.17) is 0 Å². The average molecular weight is 228 g/mol. The predicted molar refractivity (Wildman–Crippen MR) is 64.7 cm³/mol. The van der Waals surface area contributed by atoms with Crippen LogP contribution in [0, 0.1) is 0 Å². The fourth-order valence-electron chi connectivity index (χ4n) is 1.81. The highest BCUT2D eigenvalue weighted by molar-refractivity contribution is 6.07. The van der Waals surface area contributed by atoms with Crippen molar-refractivity contribution in [3.8, 4) is 0 Å². The highest BCUT2D eigenvalue weighted by Crippen LogP contribution is 2.21. The number of benzene rings is 1. The summed E-state index contributed by atoms with van der Waals surface area (Å²) < 4.78 is 0.